The summed E-state index contributed by atoms with van der Waals surface area (Å²) in [6.45, 7) is 0.278. The number of aliphatic hydroxyl groups is 1. The fraction of sp³-hybridized carbons (Fsp3) is 0.400. The van der Waals surface area contributed by atoms with Gasteiger partial charge < -0.3 is 14.9 Å². The van der Waals surface area contributed by atoms with E-state index in [1.807, 2.05) is 0 Å². The van der Waals surface area contributed by atoms with E-state index < -0.39 is 12.1 Å². The van der Waals surface area contributed by atoms with Gasteiger partial charge in [0.05, 0.1) is 23.3 Å². The van der Waals surface area contributed by atoms with Gasteiger partial charge >= 0.3 is 5.97 Å². The Hall–Kier alpha value is -1.11. The van der Waals surface area contributed by atoms with E-state index in [4.69, 9.17) is 9.84 Å². The monoisotopic (exact) mass is 243 g/mol. The molecule has 0 aliphatic heterocycles. The summed E-state index contributed by atoms with van der Waals surface area (Å²) >= 11 is 1.35. The molecule has 0 saturated carbocycles. The molecule has 5 nitrogen and oxygen atoms in total. The third-order valence-electron chi connectivity index (χ3n) is 1.77. The van der Waals surface area contributed by atoms with Crippen LogP contribution in [0.15, 0.2) is 23.4 Å². The summed E-state index contributed by atoms with van der Waals surface area (Å²) in [4.78, 5) is 14.5. The summed E-state index contributed by atoms with van der Waals surface area (Å²) in [6, 6.07) is 3.11. The number of pyridine rings is 1. The molecule has 0 saturated heterocycles. The number of carbonyl (C=O) groups is 1. The van der Waals surface area contributed by atoms with Crippen LogP contribution >= 0.6 is 11.8 Å². The van der Waals surface area contributed by atoms with Gasteiger partial charge in [-0.3, -0.25) is 0 Å². The van der Waals surface area contributed by atoms with Gasteiger partial charge in [-0.1, -0.05) is 0 Å². The van der Waals surface area contributed by atoms with Crippen LogP contribution < -0.4 is 0 Å². The van der Waals surface area contributed by atoms with Crippen molar-refractivity contribution < 1.29 is 19.7 Å². The average Bonchev–Trinajstić information content (AvgIpc) is 2.27. The third kappa shape index (κ3) is 4.18. The third-order valence-corrected chi connectivity index (χ3v) is 2.85. The Labute approximate surface area is 97.5 Å². The van der Waals surface area contributed by atoms with Crippen molar-refractivity contribution in [3.05, 3.63) is 23.9 Å². The quantitative estimate of drug-likeness (QED) is 0.722. The molecule has 1 unspecified atom stereocenters. The number of thioether (sulfide) groups is 1. The fourth-order valence-electron chi connectivity index (χ4n) is 1.01. The van der Waals surface area contributed by atoms with Gasteiger partial charge in [-0.25, -0.2) is 9.78 Å². The Balaban J connectivity index is 2.46. The molecule has 0 radical (unpaired) electrons. The van der Waals surface area contributed by atoms with Crippen LogP contribution in [-0.4, -0.2) is 46.7 Å². The normalized spacial score (nSPS) is 12.4. The van der Waals surface area contributed by atoms with E-state index in [0.29, 0.717) is 10.8 Å². The maximum atomic E-state index is 10.6. The van der Waals surface area contributed by atoms with Gasteiger partial charge in [0.2, 0.25) is 0 Å². The molecule has 1 aromatic rings. The van der Waals surface area contributed by atoms with Crippen LogP contribution in [0.1, 0.15) is 10.4 Å². The predicted molar refractivity (Wildman–Crippen MR) is 59.8 cm³/mol. The van der Waals surface area contributed by atoms with Crippen molar-refractivity contribution in [2.75, 3.05) is 19.5 Å². The molecule has 0 amide bonds. The summed E-state index contributed by atoms with van der Waals surface area (Å²) in [6.07, 6.45) is 0.754. The molecule has 0 fully saturated rings. The molecule has 16 heavy (non-hydrogen) atoms. The number of hydrogen-bond donors (Lipinski definition) is 2. The number of methoxy groups -OCH3 is 1. The second kappa shape index (κ2) is 6.47. The first kappa shape index (κ1) is 13.0. The number of carboxylic acids is 1. The van der Waals surface area contributed by atoms with Crippen molar-refractivity contribution in [1.82, 2.24) is 4.98 Å². The van der Waals surface area contributed by atoms with Gasteiger partial charge in [0.25, 0.3) is 0 Å². The number of carboxylic acid groups (broad SMARTS) is 1. The van der Waals surface area contributed by atoms with Gasteiger partial charge in [-0.15, -0.1) is 11.8 Å². The molecule has 0 bridgehead atoms. The predicted octanol–water partition coefficient (Wildman–Crippen LogP) is 0.879. The van der Waals surface area contributed by atoms with Gasteiger partial charge in [0.15, 0.2) is 0 Å². The Morgan fingerprint density at radius 1 is 1.62 bits per heavy atom. The minimum absolute atomic E-state index is 0.154. The lowest BCUT2D eigenvalue weighted by atomic mass is 10.3. The molecule has 1 heterocycles. The number of hydrogen-bond acceptors (Lipinski definition) is 5. The van der Waals surface area contributed by atoms with E-state index in [9.17, 15) is 9.90 Å². The van der Waals surface area contributed by atoms with Gasteiger partial charge in [-0.2, -0.15) is 0 Å². The highest BCUT2D eigenvalue weighted by atomic mass is 32.2. The van der Waals surface area contributed by atoms with Gasteiger partial charge in [0, 0.05) is 19.1 Å². The maximum Gasteiger partial charge on any atom is 0.337 e. The van der Waals surface area contributed by atoms with Crippen LogP contribution in [-0.2, 0) is 4.74 Å². The Bertz CT molecular complexity index is 341. The van der Waals surface area contributed by atoms with Crippen LogP contribution in [0.2, 0.25) is 0 Å². The lowest BCUT2D eigenvalue weighted by molar-refractivity contribution is 0.0696. The number of ether oxygens (including phenoxy) is 1. The van der Waals surface area contributed by atoms with Crippen LogP contribution in [0.4, 0.5) is 0 Å². The van der Waals surface area contributed by atoms with Crippen LogP contribution in [0.5, 0.6) is 0 Å². The molecule has 0 aliphatic rings. The average molecular weight is 243 g/mol. The summed E-state index contributed by atoms with van der Waals surface area (Å²) in [5, 5.41) is 18.7. The molecule has 0 aliphatic carbocycles. The standard InChI is InChI=1S/C10H13NO4S/c1-15-5-8(12)6-16-9-3-2-7(4-11-9)10(13)14/h2-4,8,12H,5-6H2,1H3,(H,13,14). The van der Waals surface area contributed by atoms with Crippen LogP contribution in [0.3, 0.4) is 0 Å². The summed E-state index contributed by atoms with van der Waals surface area (Å²) in [5.41, 5.74) is 0.154. The van der Waals surface area contributed by atoms with Crippen molar-refractivity contribution in [2.24, 2.45) is 0 Å². The molecule has 0 spiro atoms. The van der Waals surface area contributed by atoms with E-state index in [1.54, 1.807) is 6.07 Å². The zero-order valence-corrected chi connectivity index (χ0v) is 9.61. The molecular formula is C10H13NO4S. The first-order valence-electron chi connectivity index (χ1n) is 4.62. The fourth-order valence-corrected chi connectivity index (χ4v) is 1.77. The molecule has 1 atom stereocenters. The van der Waals surface area contributed by atoms with E-state index in [-0.39, 0.29) is 12.2 Å². The van der Waals surface area contributed by atoms with Crippen molar-refractivity contribution in [3.8, 4) is 0 Å². The Morgan fingerprint density at radius 3 is 2.88 bits per heavy atom. The smallest absolute Gasteiger partial charge is 0.337 e. The second-order valence-corrected chi connectivity index (χ2v) is 4.15. The highest BCUT2D eigenvalue weighted by molar-refractivity contribution is 7.99. The maximum absolute atomic E-state index is 10.6. The van der Waals surface area contributed by atoms with E-state index in [2.05, 4.69) is 4.98 Å². The molecular weight excluding hydrogens is 230 g/mol. The minimum atomic E-state index is -0.997. The largest absolute Gasteiger partial charge is 0.478 e. The first-order chi connectivity index (χ1) is 7.63. The zero-order valence-electron chi connectivity index (χ0n) is 8.79. The molecule has 0 aromatic carbocycles. The highest BCUT2D eigenvalue weighted by Crippen LogP contribution is 2.16. The lowest BCUT2D eigenvalue weighted by Crippen LogP contribution is -2.16. The number of aliphatic hydroxyl groups excluding tert-OH is 1. The van der Waals surface area contributed by atoms with Crippen LogP contribution in [0, 0.1) is 0 Å². The number of nitrogens with zero attached hydrogens (tertiary/aromatic N) is 1. The molecule has 1 rings (SSSR count). The molecule has 6 heteroatoms. The topological polar surface area (TPSA) is 79.7 Å². The number of aromatic carboxylic acids is 1. The van der Waals surface area contributed by atoms with E-state index in [0.717, 1.165) is 0 Å². The summed E-state index contributed by atoms with van der Waals surface area (Å²) in [7, 11) is 1.52. The van der Waals surface area contributed by atoms with E-state index >= 15 is 0 Å². The lowest BCUT2D eigenvalue weighted by Gasteiger charge is -2.07. The first-order valence-corrected chi connectivity index (χ1v) is 5.61. The van der Waals surface area contributed by atoms with Gasteiger partial charge in [0.1, 0.15) is 0 Å². The molecule has 2 N–H and O–H groups in total. The van der Waals surface area contributed by atoms with Crippen molar-refractivity contribution in [1.29, 1.82) is 0 Å². The molecule has 1 aromatic heterocycles. The highest BCUT2D eigenvalue weighted by Gasteiger charge is 2.06. The summed E-state index contributed by atoms with van der Waals surface area (Å²) < 4.78 is 4.78. The number of rotatable bonds is 6. The van der Waals surface area contributed by atoms with Crippen molar-refractivity contribution >= 4 is 17.7 Å². The van der Waals surface area contributed by atoms with Crippen molar-refractivity contribution in [3.63, 3.8) is 0 Å². The molecule has 88 valence electrons. The van der Waals surface area contributed by atoms with Gasteiger partial charge in [-0.05, 0) is 12.1 Å². The zero-order chi connectivity index (χ0) is 12.0. The summed E-state index contributed by atoms with van der Waals surface area (Å²) in [5.74, 6) is -0.531. The van der Waals surface area contributed by atoms with Crippen molar-refractivity contribution in [2.45, 2.75) is 11.1 Å². The Kier molecular flexibility index (Phi) is 5.24. The minimum Gasteiger partial charge on any atom is -0.478 e. The van der Waals surface area contributed by atoms with E-state index in [1.165, 1.54) is 31.1 Å². The Morgan fingerprint density at radius 2 is 2.38 bits per heavy atom. The van der Waals surface area contributed by atoms with Crippen LogP contribution in [0.25, 0.3) is 0 Å². The second-order valence-electron chi connectivity index (χ2n) is 3.11. The SMILES string of the molecule is COCC(O)CSc1ccc(C(=O)O)cn1. The number of aromatic nitrogens is 1.